The molecule has 200 valence electrons. The third kappa shape index (κ3) is 9.46. The average Bonchev–Trinajstić information content (AvgIpc) is 2.90. The summed E-state index contributed by atoms with van der Waals surface area (Å²) in [5, 5.41) is 8.78. The monoisotopic (exact) mass is 511 g/mol. The first-order valence-corrected chi connectivity index (χ1v) is 13.8. The van der Waals surface area contributed by atoms with Gasteiger partial charge in [-0.15, -0.1) is 0 Å². The first-order valence-electron chi connectivity index (χ1n) is 13.8. The van der Waals surface area contributed by atoms with Crippen LogP contribution in [-0.2, 0) is 0 Å². The molecule has 4 nitrogen and oxygen atoms in total. The maximum atomic E-state index is 14.6. The second kappa shape index (κ2) is 15.3. The minimum absolute atomic E-state index is 0.0979. The second-order valence-electron chi connectivity index (χ2n) is 10.2. The lowest BCUT2D eigenvalue weighted by molar-refractivity contribution is 0.0729. The van der Waals surface area contributed by atoms with Crippen molar-refractivity contribution in [3.05, 3.63) is 59.2 Å². The molecule has 2 aromatic rings. The first kappa shape index (κ1) is 28.6. The molecule has 0 aliphatic heterocycles. The van der Waals surface area contributed by atoms with Crippen LogP contribution in [-0.4, -0.2) is 12.6 Å². The van der Waals surface area contributed by atoms with Gasteiger partial charge in [-0.25, -0.2) is 13.6 Å². The topological polar surface area (TPSA) is 59.3 Å². The minimum Gasteiger partial charge on any atom is -0.493 e. The number of halogens is 2. The van der Waals surface area contributed by atoms with Crippen molar-refractivity contribution in [1.29, 1.82) is 5.26 Å². The molecule has 0 atom stereocenters. The number of hydrogen-bond donors (Lipinski definition) is 0. The molecule has 1 fully saturated rings. The molecule has 1 saturated carbocycles. The van der Waals surface area contributed by atoms with Gasteiger partial charge in [0.2, 0.25) is 0 Å². The number of nitriles is 1. The molecule has 0 radical (unpaired) electrons. The average molecular weight is 512 g/mol. The zero-order valence-electron chi connectivity index (χ0n) is 21.9. The van der Waals surface area contributed by atoms with Crippen molar-refractivity contribution in [3.8, 4) is 17.6 Å². The van der Waals surface area contributed by atoms with Crippen LogP contribution in [0.3, 0.4) is 0 Å². The lowest BCUT2D eigenvalue weighted by Gasteiger charge is -2.28. The highest BCUT2D eigenvalue weighted by atomic mass is 19.1. The normalized spacial score (nSPS) is 17.2. The largest absolute Gasteiger partial charge is 0.493 e. The van der Waals surface area contributed by atoms with Crippen LogP contribution < -0.4 is 9.47 Å². The van der Waals surface area contributed by atoms with Gasteiger partial charge in [-0.05, 0) is 48.9 Å². The van der Waals surface area contributed by atoms with E-state index in [0.717, 1.165) is 24.8 Å². The van der Waals surface area contributed by atoms with Crippen molar-refractivity contribution in [3.63, 3.8) is 0 Å². The Kier molecular flexibility index (Phi) is 11.9. The van der Waals surface area contributed by atoms with Gasteiger partial charge < -0.3 is 9.47 Å². The summed E-state index contributed by atoms with van der Waals surface area (Å²) in [4.78, 5) is 12.3. The standard InChI is InChI=1S/C31H39F2NO3/c1-2-3-4-5-6-7-8-9-10-23-11-13-24(14-12-23)22-36-26-17-18-28(30(33)19-26)31(35)37-27-16-15-25(21-34)29(32)20-27/h15-20,23-24H,2-14,22H2,1H3. The predicted octanol–water partition coefficient (Wildman–Crippen LogP) is 8.77. The summed E-state index contributed by atoms with van der Waals surface area (Å²) >= 11 is 0. The summed E-state index contributed by atoms with van der Waals surface area (Å²) in [5.41, 5.74) is -0.428. The van der Waals surface area contributed by atoms with Gasteiger partial charge in [0, 0.05) is 12.1 Å². The second-order valence-corrected chi connectivity index (χ2v) is 10.2. The zero-order valence-corrected chi connectivity index (χ0v) is 21.9. The number of hydrogen-bond acceptors (Lipinski definition) is 4. The van der Waals surface area contributed by atoms with Crippen LogP contribution in [0.1, 0.15) is 106 Å². The summed E-state index contributed by atoms with van der Waals surface area (Å²) < 4.78 is 39.2. The predicted molar refractivity (Wildman–Crippen MR) is 141 cm³/mol. The van der Waals surface area contributed by atoms with Crippen LogP contribution in [0.2, 0.25) is 0 Å². The van der Waals surface area contributed by atoms with Gasteiger partial charge in [0.05, 0.1) is 17.7 Å². The number of rotatable bonds is 14. The van der Waals surface area contributed by atoms with E-state index in [0.29, 0.717) is 18.3 Å². The summed E-state index contributed by atoms with van der Waals surface area (Å²) in [6.07, 6.45) is 17.0. The molecule has 0 saturated heterocycles. The Morgan fingerprint density at radius 3 is 2.14 bits per heavy atom. The van der Waals surface area contributed by atoms with Crippen molar-refractivity contribution >= 4 is 5.97 Å². The van der Waals surface area contributed by atoms with Gasteiger partial charge in [0.25, 0.3) is 0 Å². The van der Waals surface area contributed by atoms with Crippen LogP contribution in [0, 0.1) is 34.8 Å². The molecule has 0 aromatic heterocycles. The Morgan fingerprint density at radius 1 is 0.865 bits per heavy atom. The number of ether oxygens (including phenoxy) is 2. The van der Waals surface area contributed by atoms with Gasteiger partial charge >= 0.3 is 5.97 Å². The summed E-state index contributed by atoms with van der Waals surface area (Å²) in [7, 11) is 0. The van der Waals surface area contributed by atoms with Crippen LogP contribution in [0.15, 0.2) is 36.4 Å². The van der Waals surface area contributed by atoms with E-state index >= 15 is 0 Å². The van der Waals surface area contributed by atoms with E-state index < -0.39 is 17.6 Å². The fourth-order valence-corrected chi connectivity index (χ4v) is 5.03. The molecular formula is C31H39F2NO3. The van der Waals surface area contributed by atoms with Gasteiger partial charge in [-0.2, -0.15) is 5.26 Å². The SMILES string of the molecule is CCCCCCCCCCC1CCC(COc2ccc(C(=O)Oc3ccc(C#N)c(F)c3)c(F)c2)CC1. The fraction of sp³-hybridized carbons (Fsp3) is 0.548. The van der Waals surface area contributed by atoms with E-state index in [4.69, 9.17) is 14.7 Å². The quantitative estimate of drug-likeness (QED) is 0.144. The molecule has 0 N–H and O–H groups in total. The highest BCUT2D eigenvalue weighted by Gasteiger charge is 2.22. The smallest absolute Gasteiger partial charge is 0.346 e. The molecule has 1 aliphatic carbocycles. The Labute approximate surface area is 220 Å². The van der Waals surface area contributed by atoms with E-state index in [2.05, 4.69) is 6.92 Å². The molecule has 0 amide bonds. The van der Waals surface area contributed by atoms with Crippen LogP contribution in [0.5, 0.6) is 11.5 Å². The highest BCUT2D eigenvalue weighted by molar-refractivity contribution is 5.91. The lowest BCUT2D eigenvalue weighted by Crippen LogP contribution is -2.20. The van der Waals surface area contributed by atoms with Crippen molar-refractivity contribution in [2.24, 2.45) is 11.8 Å². The van der Waals surface area contributed by atoms with Crippen molar-refractivity contribution < 1.29 is 23.0 Å². The lowest BCUT2D eigenvalue weighted by atomic mass is 9.80. The number of carbonyl (C=O) groups is 1. The minimum atomic E-state index is -0.942. The van der Waals surface area contributed by atoms with Crippen LogP contribution in [0.4, 0.5) is 8.78 Å². The molecule has 0 bridgehead atoms. The Morgan fingerprint density at radius 2 is 1.49 bits per heavy atom. The van der Waals surface area contributed by atoms with E-state index in [1.807, 2.05) is 0 Å². The van der Waals surface area contributed by atoms with Crippen molar-refractivity contribution in [1.82, 2.24) is 0 Å². The third-order valence-electron chi connectivity index (χ3n) is 7.35. The van der Waals surface area contributed by atoms with Crippen LogP contribution in [0.25, 0.3) is 0 Å². The molecular weight excluding hydrogens is 472 g/mol. The maximum Gasteiger partial charge on any atom is 0.346 e. The Balaban J connectivity index is 1.35. The van der Waals surface area contributed by atoms with E-state index in [1.54, 1.807) is 12.1 Å². The van der Waals surface area contributed by atoms with E-state index in [-0.39, 0.29) is 16.9 Å². The summed E-state index contributed by atoms with van der Waals surface area (Å²) in [6.45, 7) is 2.80. The molecule has 2 aromatic carbocycles. The van der Waals surface area contributed by atoms with Gasteiger partial charge in [0.1, 0.15) is 29.2 Å². The zero-order chi connectivity index (χ0) is 26.5. The number of carbonyl (C=O) groups excluding carboxylic acids is 1. The van der Waals surface area contributed by atoms with Gasteiger partial charge in [-0.3, -0.25) is 0 Å². The number of unbranched alkanes of at least 4 members (excludes halogenated alkanes) is 7. The Hall–Kier alpha value is -2.94. The fourth-order valence-electron chi connectivity index (χ4n) is 5.03. The molecule has 3 rings (SSSR count). The van der Waals surface area contributed by atoms with Crippen LogP contribution >= 0.6 is 0 Å². The van der Waals surface area contributed by atoms with E-state index in [1.165, 1.54) is 94.9 Å². The van der Waals surface area contributed by atoms with E-state index in [9.17, 15) is 13.6 Å². The van der Waals surface area contributed by atoms with Crippen molar-refractivity contribution in [2.75, 3.05) is 6.61 Å². The highest BCUT2D eigenvalue weighted by Crippen LogP contribution is 2.33. The molecule has 0 unspecified atom stereocenters. The maximum absolute atomic E-state index is 14.6. The summed E-state index contributed by atoms with van der Waals surface area (Å²) in [5.74, 6) is -0.941. The number of benzene rings is 2. The number of esters is 1. The molecule has 0 heterocycles. The molecule has 0 spiro atoms. The Bertz CT molecular complexity index is 1040. The van der Waals surface area contributed by atoms with Gasteiger partial charge in [0.15, 0.2) is 0 Å². The third-order valence-corrected chi connectivity index (χ3v) is 7.35. The molecule has 37 heavy (non-hydrogen) atoms. The first-order chi connectivity index (χ1) is 18.0. The van der Waals surface area contributed by atoms with Gasteiger partial charge in [-0.1, -0.05) is 77.6 Å². The van der Waals surface area contributed by atoms with Crippen molar-refractivity contribution in [2.45, 2.75) is 90.4 Å². The summed E-state index contributed by atoms with van der Waals surface area (Å²) in [6, 6.07) is 9.16. The number of nitrogens with zero attached hydrogens (tertiary/aromatic N) is 1. The molecule has 6 heteroatoms. The molecule has 1 aliphatic rings.